The van der Waals surface area contributed by atoms with Gasteiger partial charge in [-0.3, -0.25) is 20.0 Å². The van der Waals surface area contributed by atoms with Crippen LogP contribution in [-0.4, -0.2) is 119 Å². The molecule has 12 N–H and O–H groups in total. The number of rotatable bonds is 0. The van der Waals surface area contributed by atoms with Gasteiger partial charge in [0.1, 0.15) is 0 Å². The minimum Gasteiger partial charge on any atom is -1.00 e. The summed E-state index contributed by atoms with van der Waals surface area (Å²) in [6.45, 7) is 33.4. The molecule has 0 fully saturated rings. The van der Waals surface area contributed by atoms with Crippen molar-refractivity contribution in [2.24, 2.45) is 20.0 Å². The predicted molar refractivity (Wildman–Crippen MR) is 193 cm³/mol. The van der Waals surface area contributed by atoms with E-state index in [4.69, 9.17) is 0 Å². The van der Waals surface area contributed by atoms with Gasteiger partial charge in [-0.1, -0.05) is 0 Å². The van der Waals surface area contributed by atoms with Crippen LogP contribution >= 0.6 is 0 Å². The van der Waals surface area contributed by atoms with Gasteiger partial charge < -0.3 is 111 Å². The van der Waals surface area contributed by atoms with E-state index in [1.165, 1.54) is 22.8 Å². The molecule has 0 aromatic heterocycles. The molecule has 0 atom stereocenters. The first-order valence-corrected chi connectivity index (χ1v) is 15.4. The maximum atomic E-state index is 4.68. The number of hydrogen-bond donors (Lipinski definition) is 4. The van der Waals surface area contributed by atoms with Crippen molar-refractivity contribution < 1.29 is 124 Å². The maximum absolute atomic E-state index is 4.68. The molecule has 0 amide bonds. The van der Waals surface area contributed by atoms with Gasteiger partial charge in [-0.2, -0.15) is 0 Å². The largest absolute Gasteiger partial charge is 2.00 e. The molecule has 0 saturated carbocycles. The Hall–Kier alpha value is 1.32. The Labute approximate surface area is 368 Å². The summed E-state index contributed by atoms with van der Waals surface area (Å²) in [4.78, 5) is 18.7. The van der Waals surface area contributed by atoms with Crippen LogP contribution in [0.3, 0.4) is 0 Å². The van der Waals surface area contributed by atoms with Crippen molar-refractivity contribution in [3.8, 4) is 0 Å². The molecule has 18 heteroatoms. The Morgan fingerprint density at radius 2 is 0.500 bits per heavy atom. The molecule has 2 rings (SSSR count). The van der Waals surface area contributed by atoms with Crippen molar-refractivity contribution in [3.05, 3.63) is 0 Å². The Morgan fingerprint density at radius 1 is 0.360 bits per heavy atom. The van der Waals surface area contributed by atoms with E-state index in [-0.39, 0.29) is 146 Å². The quantitative estimate of drug-likeness (QED) is 0.174. The molecule has 0 aromatic carbocycles. The third kappa shape index (κ3) is 40.5. The fourth-order valence-corrected chi connectivity index (χ4v) is 5.60. The molecule has 0 saturated heterocycles. The maximum Gasteiger partial charge on any atom is 2.00 e. The number of nitrogens with zero attached hydrogens (tertiary/aromatic N) is 4. The molecule has 0 aliphatic carbocycles. The molecule has 2 aliphatic heterocycles. The summed E-state index contributed by atoms with van der Waals surface area (Å²) in [5, 5.41) is 14.3. The van der Waals surface area contributed by atoms with Crippen molar-refractivity contribution in [3.63, 3.8) is 0 Å². The first-order chi connectivity index (χ1) is 18.4. The topological polar surface area (TPSA) is 224 Å². The molecule has 2 heterocycles. The summed E-state index contributed by atoms with van der Waals surface area (Å²) in [6.07, 6.45) is 3.94. The standard InChI is InChI=1S/2C16H32N4.4BrH.2Cu.4H2O/c2*1-13-11-15(3,4)19-10-8-18-14(2)12-16(5,6)20-9-7-17-13;;;;;;;;;;/h2*19-20H,7-12H2,1-6H3;4*1H;;;4*1H2/q;;;;;;2*+2;;;;/p-4. The van der Waals surface area contributed by atoms with E-state index in [2.05, 4.69) is 124 Å². The van der Waals surface area contributed by atoms with Crippen LogP contribution in [0, 0.1) is 0 Å². The van der Waals surface area contributed by atoms with Gasteiger partial charge >= 0.3 is 34.1 Å². The van der Waals surface area contributed by atoms with Crippen LogP contribution in [-0.2, 0) is 34.1 Å². The molecule has 2 aliphatic rings. The summed E-state index contributed by atoms with van der Waals surface area (Å²) < 4.78 is 0. The molecule has 0 bridgehead atoms. The first kappa shape index (κ1) is 76.1. The Kier molecular flexibility index (Phi) is 56.7. The molecular weight excluding hydrogens is 1010 g/mol. The summed E-state index contributed by atoms with van der Waals surface area (Å²) in [5.41, 5.74) is 5.25. The van der Waals surface area contributed by atoms with E-state index in [1.54, 1.807) is 0 Å². The summed E-state index contributed by atoms with van der Waals surface area (Å²) in [6, 6.07) is 0. The molecule has 0 unspecified atom stereocenters. The van der Waals surface area contributed by atoms with Crippen molar-refractivity contribution >= 4 is 22.8 Å². The van der Waals surface area contributed by atoms with Crippen molar-refractivity contribution in [1.29, 1.82) is 0 Å². The van der Waals surface area contributed by atoms with E-state index in [1.807, 2.05) is 0 Å². The number of hydrogen-bond acceptors (Lipinski definition) is 8. The van der Waals surface area contributed by atoms with Gasteiger partial charge in [0.2, 0.25) is 0 Å². The molecule has 0 spiro atoms. The molecule has 50 heavy (non-hydrogen) atoms. The SMILES string of the molecule is CC1=NCCNC(C)(C)CC(C)=NCCNC(C)(C)C1.CC1=NCCNC(C)(C)CC(C)=NCCNC(C)(C)C1.O.O.O.O.[Br-].[Br-].[Br-].[Br-].[Cu+2].[Cu+2]. The number of nitrogens with one attached hydrogen (secondary N) is 4. The third-order valence-corrected chi connectivity index (χ3v) is 7.18. The monoisotopic (exact) mass is 1070 g/mol. The molecule has 12 nitrogen and oxygen atoms in total. The zero-order valence-electron chi connectivity index (χ0n) is 32.4. The Balaban J connectivity index is -0.0000000667. The van der Waals surface area contributed by atoms with Crippen molar-refractivity contribution in [2.45, 2.75) is 131 Å². The number of aliphatic imine (C=N–C) groups is 4. The predicted octanol–water partition coefficient (Wildman–Crippen LogP) is -10.4. The van der Waals surface area contributed by atoms with Crippen molar-refractivity contribution in [1.82, 2.24) is 21.3 Å². The third-order valence-electron chi connectivity index (χ3n) is 7.18. The van der Waals surface area contributed by atoms with Crippen LogP contribution < -0.4 is 89.2 Å². The van der Waals surface area contributed by atoms with Crippen LogP contribution in [0.15, 0.2) is 20.0 Å². The van der Waals surface area contributed by atoms with Gasteiger partial charge in [0, 0.05) is 96.9 Å². The van der Waals surface area contributed by atoms with Gasteiger partial charge in [-0.15, -0.1) is 0 Å². The number of halogens is 4. The Morgan fingerprint density at radius 3 is 0.640 bits per heavy atom. The van der Waals surface area contributed by atoms with Gasteiger partial charge in [-0.05, 0) is 83.1 Å². The molecular formula is C32H72Br4Cu2N8O4. The zero-order chi connectivity index (χ0) is 30.5. The van der Waals surface area contributed by atoms with Crippen LogP contribution in [0.25, 0.3) is 0 Å². The Bertz CT molecular complexity index is 785. The first-order valence-electron chi connectivity index (χ1n) is 15.4. The van der Waals surface area contributed by atoms with Crippen LogP contribution in [0.2, 0.25) is 0 Å². The smallest absolute Gasteiger partial charge is 1.00 e. The minimum absolute atomic E-state index is 0. The second kappa shape index (κ2) is 37.3. The molecule has 0 aromatic rings. The summed E-state index contributed by atoms with van der Waals surface area (Å²) in [7, 11) is 0. The van der Waals surface area contributed by atoms with Gasteiger partial charge in [0.05, 0.1) is 26.2 Å². The van der Waals surface area contributed by atoms with E-state index < -0.39 is 0 Å². The van der Waals surface area contributed by atoms with E-state index in [0.29, 0.717) is 0 Å². The fourth-order valence-electron chi connectivity index (χ4n) is 5.60. The van der Waals surface area contributed by atoms with Gasteiger partial charge in [-0.25, -0.2) is 0 Å². The fraction of sp³-hybridized carbons (Fsp3) is 0.875. The summed E-state index contributed by atoms with van der Waals surface area (Å²) >= 11 is 0. The second-order valence-electron chi connectivity index (χ2n) is 14.4. The van der Waals surface area contributed by atoms with E-state index in [9.17, 15) is 0 Å². The second-order valence-corrected chi connectivity index (χ2v) is 14.4. The minimum atomic E-state index is 0. The van der Waals surface area contributed by atoms with Crippen LogP contribution in [0.1, 0.15) is 109 Å². The van der Waals surface area contributed by atoms with Crippen molar-refractivity contribution in [2.75, 3.05) is 52.4 Å². The normalized spacial score (nSPS) is 20.2. The van der Waals surface area contributed by atoms with Crippen LogP contribution in [0.4, 0.5) is 0 Å². The average Bonchev–Trinajstić information content (AvgIpc) is 2.78. The average molecular weight is 1080 g/mol. The van der Waals surface area contributed by atoms with Crippen LogP contribution in [0.5, 0.6) is 0 Å². The summed E-state index contributed by atoms with van der Waals surface area (Å²) in [5.74, 6) is 0. The van der Waals surface area contributed by atoms with Gasteiger partial charge in [0.15, 0.2) is 0 Å². The molecule has 314 valence electrons. The molecule has 2 radical (unpaired) electrons. The van der Waals surface area contributed by atoms with Gasteiger partial charge in [0.25, 0.3) is 0 Å². The van der Waals surface area contributed by atoms with E-state index >= 15 is 0 Å². The van der Waals surface area contributed by atoms with E-state index in [0.717, 1.165) is 78.0 Å². The zero-order valence-corrected chi connectivity index (χ0v) is 40.6.